The molecule has 4 rings (SSSR count). The van der Waals surface area contributed by atoms with E-state index in [9.17, 15) is 9.18 Å². The number of anilines is 1. The molecule has 0 unspecified atom stereocenters. The molecule has 34 heavy (non-hydrogen) atoms. The summed E-state index contributed by atoms with van der Waals surface area (Å²) in [6.07, 6.45) is 0.116. The van der Waals surface area contributed by atoms with Crippen LogP contribution in [0.3, 0.4) is 0 Å². The number of ether oxygens (including phenoxy) is 3. The van der Waals surface area contributed by atoms with Crippen LogP contribution >= 0.6 is 11.3 Å². The van der Waals surface area contributed by atoms with Crippen LogP contribution in [0.15, 0.2) is 78.2 Å². The molecular weight excluding hydrogens is 455 g/mol. The van der Waals surface area contributed by atoms with Crippen LogP contribution in [-0.4, -0.2) is 17.5 Å². The standard InChI is InChI=1S/C26H23FN2O4S/c1-2-31-20-11-13-22(14-12-20)33-24-6-4-3-5-23(24)29-25(30)15-19-17-34-26(28-19)16-32-21-9-7-18(27)8-10-21/h3-14,17H,2,15-16H2,1H3,(H,29,30). The zero-order chi connectivity index (χ0) is 23.8. The Morgan fingerprint density at radius 3 is 2.38 bits per heavy atom. The Labute approximate surface area is 201 Å². The van der Waals surface area contributed by atoms with Crippen molar-refractivity contribution in [1.82, 2.24) is 4.98 Å². The van der Waals surface area contributed by atoms with Crippen molar-refractivity contribution in [3.63, 3.8) is 0 Å². The molecule has 0 saturated carbocycles. The highest BCUT2D eigenvalue weighted by Crippen LogP contribution is 2.30. The minimum Gasteiger partial charge on any atom is -0.494 e. The summed E-state index contributed by atoms with van der Waals surface area (Å²) in [5.41, 5.74) is 1.21. The summed E-state index contributed by atoms with van der Waals surface area (Å²) in [5, 5.41) is 5.45. The zero-order valence-electron chi connectivity index (χ0n) is 18.5. The van der Waals surface area contributed by atoms with Crippen molar-refractivity contribution >= 4 is 22.9 Å². The van der Waals surface area contributed by atoms with Crippen molar-refractivity contribution in [2.45, 2.75) is 20.0 Å². The Bertz CT molecular complexity index is 1230. The molecule has 0 spiro atoms. The van der Waals surface area contributed by atoms with Gasteiger partial charge in [-0.05, 0) is 67.6 Å². The molecule has 1 amide bonds. The number of carbonyl (C=O) groups excluding carboxylic acids is 1. The molecule has 174 valence electrons. The number of para-hydroxylation sites is 2. The largest absolute Gasteiger partial charge is 0.494 e. The molecule has 1 heterocycles. The molecule has 0 fully saturated rings. The predicted octanol–water partition coefficient (Wildman–Crippen LogP) is 6.23. The number of nitrogens with one attached hydrogen (secondary N) is 1. The minimum absolute atomic E-state index is 0.116. The second kappa shape index (κ2) is 11.3. The molecule has 8 heteroatoms. The lowest BCUT2D eigenvalue weighted by Gasteiger charge is -2.12. The smallest absolute Gasteiger partial charge is 0.230 e. The second-order valence-electron chi connectivity index (χ2n) is 7.20. The first-order chi connectivity index (χ1) is 16.6. The highest BCUT2D eigenvalue weighted by Gasteiger charge is 2.12. The van der Waals surface area contributed by atoms with Gasteiger partial charge in [0, 0.05) is 5.38 Å². The highest BCUT2D eigenvalue weighted by molar-refractivity contribution is 7.09. The lowest BCUT2D eigenvalue weighted by Crippen LogP contribution is -2.15. The van der Waals surface area contributed by atoms with Gasteiger partial charge in [0.2, 0.25) is 5.91 Å². The van der Waals surface area contributed by atoms with E-state index in [1.165, 1.54) is 23.5 Å². The lowest BCUT2D eigenvalue weighted by atomic mass is 10.2. The van der Waals surface area contributed by atoms with Crippen molar-refractivity contribution in [2.75, 3.05) is 11.9 Å². The summed E-state index contributed by atoms with van der Waals surface area (Å²) in [6.45, 7) is 2.77. The van der Waals surface area contributed by atoms with Crippen LogP contribution in [0.4, 0.5) is 10.1 Å². The summed E-state index contributed by atoms with van der Waals surface area (Å²) in [6, 6.07) is 20.3. The number of halogens is 1. The number of rotatable bonds is 10. The van der Waals surface area contributed by atoms with Crippen molar-refractivity contribution in [1.29, 1.82) is 0 Å². The Balaban J connectivity index is 1.33. The summed E-state index contributed by atoms with van der Waals surface area (Å²) in [5.74, 6) is 1.96. The fourth-order valence-corrected chi connectivity index (χ4v) is 3.79. The number of thiazole rings is 1. The molecule has 0 radical (unpaired) electrons. The maximum absolute atomic E-state index is 13.0. The number of hydrogen-bond acceptors (Lipinski definition) is 6. The van der Waals surface area contributed by atoms with Crippen molar-refractivity contribution < 1.29 is 23.4 Å². The van der Waals surface area contributed by atoms with E-state index in [1.807, 2.05) is 48.7 Å². The van der Waals surface area contributed by atoms with Gasteiger partial charge < -0.3 is 19.5 Å². The summed E-state index contributed by atoms with van der Waals surface area (Å²) in [4.78, 5) is 17.1. The first-order valence-electron chi connectivity index (χ1n) is 10.7. The van der Waals surface area contributed by atoms with Crippen LogP contribution in [0.25, 0.3) is 0 Å². The molecule has 0 bridgehead atoms. The summed E-state index contributed by atoms with van der Waals surface area (Å²) < 4.78 is 30.0. The van der Waals surface area contributed by atoms with Crippen molar-refractivity contribution in [3.8, 4) is 23.0 Å². The van der Waals surface area contributed by atoms with E-state index >= 15 is 0 Å². The third-order valence-corrected chi connectivity index (χ3v) is 5.51. The lowest BCUT2D eigenvalue weighted by molar-refractivity contribution is -0.115. The second-order valence-corrected chi connectivity index (χ2v) is 8.15. The maximum Gasteiger partial charge on any atom is 0.230 e. The Hall–Kier alpha value is -3.91. The van der Waals surface area contributed by atoms with E-state index in [4.69, 9.17) is 14.2 Å². The topological polar surface area (TPSA) is 69.7 Å². The summed E-state index contributed by atoms with van der Waals surface area (Å²) in [7, 11) is 0. The van der Waals surface area contributed by atoms with E-state index in [0.717, 1.165) is 10.8 Å². The number of amides is 1. The number of hydrogen-bond donors (Lipinski definition) is 1. The van der Waals surface area contributed by atoms with Gasteiger partial charge in [0.15, 0.2) is 5.75 Å². The normalized spacial score (nSPS) is 10.5. The fraction of sp³-hybridized carbons (Fsp3) is 0.154. The van der Waals surface area contributed by atoms with Crippen molar-refractivity contribution in [2.24, 2.45) is 0 Å². The number of nitrogens with zero attached hydrogens (tertiary/aromatic N) is 1. The Morgan fingerprint density at radius 1 is 0.941 bits per heavy atom. The van der Waals surface area contributed by atoms with Gasteiger partial charge in [0.25, 0.3) is 0 Å². The number of aromatic nitrogens is 1. The van der Waals surface area contributed by atoms with Gasteiger partial charge in [0.1, 0.15) is 34.7 Å². The molecule has 6 nitrogen and oxygen atoms in total. The van der Waals surface area contributed by atoms with E-state index in [-0.39, 0.29) is 24.8 Å². The summed E-state index contributed by atoms with van der Waals surface area (Å²) >= 11 is 1.40. The Kier molecular flexibility index (Phi) is 7.72. The molecule has 0 aliphatic heterocycles. The van der Waals surface area contributed by atoms with Crippen LogP contribution in [-0.2, 0) is 17.8 Å². The van der Waals surface area contributed by atoms with Gasteiger partial charge in [-0.1, -0.05) is 12.1 Å². The van der Waals surface area contributed by atoms with Crippen molar-refractivity contribution in [3.05, 3.63) is 94.7 Å². The van der Waals surface area contributed by atoms with E-state index in [2.05, 4.69) is 10.3 Å². The van der Waals surface area contributed by atoms with Gasteiger partial charge in [-0.2, -0.15) is 0 Å². The van der Waals surface area contributed by atoms with Gasteiger partial charge in [-0.25, -0.2) is 9.37 Å². The molecule has 3 aromatic carbocycles. The molecule has 1 N–H and O–H groups in total. The first-order valence-corrected chi connectivity index (χ1v) is 11.6. The van der Waals surface area contributed by atoms with Crippen LogP contribution in [0, 0.1) is 5.82 Å². The maximum atomic E-state index is 13.0. The average Bonchev–Trinajstić information content (AvgIpc) is 3.28. The molecule has 0 aliphatic carbocycles. The SMILES string of the molecule is CCOc1ccc(Oc2ccccc2NC(=O)Cc2csc(COc3ccc(F)cc3)n2)cc1. The molecular formula is C26H23FN2O4S. The third-order valence-electron chi connectivity index (χ3n) is 4.64. The first kappa shape index (κ1) is 23.3. The van der Waals surface area contributed by atoms with Crippen LogP contribution in [0.2, 0.25) is 0 Å². The van der Waals surface area contributed by atoms with Gasteiger partial charge >= 0.3 is 0 Å². The van der Waals surface area contributed by atoms with Gasteiger partial charge in [0.05, 0.1) is 24.4 Å². The third kappa shape index (κ3) is 6.55. The van der Waals surface area contributed by atoms with E-state index in [0.29, 0.717) is 35.2 Å². The fourth-order valence-electron chi connectivity index (χ4n) is 3.09. The number of carbonyl (C=O) groups is 1. The quantitative estimate of drug-likeness (QED) is 0.292. The van der Waals surface area contributed by atoms with Gasteiger partial charge in [-0.15, -0.1) is 11.3 Å². The van der Waals surface area contributed by atoms with Crippen LogP contribution in [0.1, 0.15) is 17.6 Å². The average molecular weight is 479 g/mol. The van der Waals surface area contributed by atoms with Crippen LogP contribution < -0.4 is 19.5 Å². The Morgan fingerprint density at radius 2 is 1.62 bits per heavy atom. The van der Waals surface area contributed by atoms with E-state index < -0.39 is 0 Å². The molecule has 4 aromatic rings. The number of benzene rings is 3. The highest BCUT2D eigenvalue weighted by atomic mass is 32.1. The molecule has 0 aliphatic rings. The monoisotopic (exact) mass is 478 g/mol. The van der Waals surface area contributed by atoms with E-state index in [1.54, 1.807) is 24.3 Å². The molecule has 0 saturated heterocycles. The van der Waals surface area contributed by atoms with Crippen LogP contribution in [0.5, 0.6) is 23.0 Å². The molecule has 0 atom stereocenters. The predicted molar refractivity (Wildman–Crippen MR) is 129 cm³/mol. The molecule has 1 aromatic heterocycles. The zero-order valence-corrected chi connectivity index (χ0v) is 19.3. The van der Waals surface area contributed by atoms with Gasteiger partial charge in [-0.3, -0.25) is 4.79 Å². The minimum atomic E-state index is -0.318.